The van der Waals surface area contributed by atoms with Crippen LogP contribution in [0.25, 0.3) is 0 Å². The number of halogens is 5. The van der Waals surface area contributed by atoms with E-state index in [2.05, 4.69) is 19.4 Å². The minimum absolute atomic E-state index is 0.0430. The molecule has 0 aliphatic heterocycles. The molecule has 0 spiro atoms. The highest BCUT2D eigenvalue weighted by Crippen LogP contribution is 2.47. The third-order valence-corrected chi connectivity index (χ3v) is 8.66. The SMILES string of the molecule is CN(C)[C@H]1C[C@@H](C2(C)C=CC=C(OC(F)(F)F)C2)CC[C@@H]1Oc1cc(F)c(S(=O)(=O)Nc2ccncn2)cc1F. The van der Waals surface area contributed by atoms with Crippen molar-refractivity contribution >= 4 is 15.8 Å². The molecule has 1 fully saturated rings. The number of hydrogen-bond donors (Lipinski definition) is 1. The molecular weight excluding hydrogens is 559 g/mol. The van der Waals surface area contributed by atoms with E-state index in [1.165, 1.54) is 18.3 Å². The number of anilines is 1. The van der Waals surface area contributed by atoms with E-state index in [-0.39, 0.29) is 30.0 Å². The van der Waals surface area contributed by atoms with Crippen LogP contribution in [-0.2, 0) is 14.8 Å². The van der Waals surface area contributed by atoms with Gasteiger partial charge in [0.2, 0.25) is 0 Å². The monoisotopic (exact) mass is 588 g/mol. The molecule has 4 atom stereocenters. The molecule has 40 heavy (non-hydrogen) atoms. The molecule has 0 amide bonds. The Balaban J connectivity index is 1.49. The first-order valence-corrected chi connectivity index (χ1v) is 13.9. The molecule has 2 aliphatic carbocycles. The second-order valence-electron chi connectivity index (χ2n) is 10.3. The van der Waals surface area contributed by atoms with E-state index in [4.69, 9.17) is 4.74 Å². The average molecular weight is 589 g/mol. The zero-order valence-corrected chi connectivity index (χ0v) is 22.8. The Morgan fingerprint density at radius 1 is 1.15 bits per heavy atom. The standard InChI is InChI=1S/C26H29F5N4O4S/c1-25(9-4-5-17(14-25)39-26(29,30)31)16-6-7-21(20(11-16)35(2)3)38-22-12-19(28)23(13-18(22)27)40(36,37)34-24-8-10-32-15-33-24/h4-5,8-10,12-13,15-16,20-21H,6-7,11,14H2,1-3H3,(H,32,33,34)/t16-,20-,21-,25?/m0/s1. The maximum atomic E-state index is 15.0. The number of rotatable bonds is 8. The molecule has 1 saturated carbocycles. The Kier molecular flexibility index (Phi) is 8.41. The third kappa shape index (κ3) is 6.89. The van der Waals surface area contributed by atoms with Crippen molar-refractivity contribution in [1.29, 1.82) is 0 Å². The Morgan fingerprint density at radius 2 is 1.90 bits per heavy atom. The van der Waals surface area contributed by atoms with Crippen molar-refractivity contribution in [2.45, 2.75) is 56.0 Å². The molecule has 0 bridgehead atoms. The lowest BCUT2D eigenvalue weighted by Crippen LogP contribution is -2.49. The number of benzene rings is 1. The van der Waals surface area contributed by atoms with Gasteiger partial charge in [-0.1, -0.05) is 19.1 Å². The number of ether oxygens (including phenoxy) is 2. The van der Waals surface area contributed by atoms with Crippen LogP contribution in [0.5, 0.6) is 5.75 Å². The summed E-state index contributed by atoms with van der Waals surface area (Å²) in [6.45, 7) is 1.87. The molecule has 0 radical (unpaired) electrons. The Bertz CT molecular complexity index is 1390. The maximum Gasteiger partial charge on any atom is 0.572 e. The molecule has 1 heterocycles. The summed E-state index contributed by atoms with van der Waals surface area (Å²) in [5, 5.41) is 0. The Morgan fingerprint density at radius 3 is 2.55 bits per heavy atom. The van der Waals surface area contributed by atoms with E-state index in [9.17, 15) is 26.0 Å². The van der Waals surface area contributed by atoms with Crippen molar-refractivity contribution in [3.05, 3.63) is 66.3 Å². The first-order chi connectivity index (χ1) is 18.7. The van der Waals surface area contributed by atoms with Gasteiger partial charge in [0, 0.05) is 30.8 Å². The first-order valence-electron chi connectivity index (χ1n) is 12.4. The highest BCUT2D eigenvalue weighted by molar-refractivity contribution is 7.92. The van der Waals surface area contributed by atoms with Crippen molar-refractivity contribution < 1.29 is 39.8 Å². The predicted molar refractivity (Wildman–Crippen MR) is 136 cm³/mol. The third-order valence-electron chi connectivity index (χ3n) is 7.29. The number of nitrogens with one attached hydrogen (secondary N) is 1. The van der Waals surface area contributed by atoms with Gasteiger partial charge in [-0.2, -0.15) is 0 Å². The fourth-order valence-electron chi connectivity index (χ4n) is 5.28. The number of alkyl halides is 3. The van der Waals surface area contributed by atoms with Gasteiger partial charge in [0.25, 0.3) is 10.0 Å². The number of likely N-dealkylation sites (N-methyl/N-ethyl adjacent to an activating group) is 1. The summed E-state index contributed by atoms with van der Waals surface area (Å²) >= 11 is 0. The molecule has 1 aromatic heterocycles. The number of hydrogen-bond acceptors (Lipinski definition) is 7. The highest BCUT2D eigenvalue weighted by Gasteiger charge is 2.44. The van der Waals surface area contributed by atoms with Crippen LogP contribution in [0, 0.1) is 23.0 Å². The van der Waals surface area contributed by atoms with E-state index in [0.29, 0.717) is 31.4 Å². The fraction of sp³-hybridized carbons (Fsp3) is 0.462. The zero-order chi connectivity index (χ0) is 29.3. The van der Waals surface area contributed by atoms with Crippen molar-refractivity contribution in [3.63, 3.8) is 0 Å². The van der Waals surface area contributed by atoms with Crippen LogP contribution in [-0.4, -0.2) is 55.9 Å². The molecular formula is C26H29F5N4O4S. The number of nitrogens with zero attached hydrogens (tertiary/aromatic N) is 3. The quantitative estimate of drug-likeness (QED) is 0.412. The van der Waals surface area contributed by atoms with Crippen LogP contribution >= 0.6 is 0 Å². The van der Waals surface area contributed by atoms with E-state index >= 15 is 4.39 Å². The van der Waals surface area contributed by atoms with Gasteiger partial charge in [-0.05, 0) is 56.8 Å². The minimum Gasteiger partial charge on any atom is -0.486 e. The van der Waals surface area contributed by atoms with E-state index < -0.39 is 50.2 Å². The second-order valence-corrected chi connectivity index (χ2v) is 12.0. The van der Waals surface area contributed by atoms with E-state index in [1.807, 2.05) is 17.9 Å². The molecule has 2 aliphatic rings. The summed E-state index contributed by atoms with van der Waals surface area (Å²) in [5.74, 6) is -3.05. The van der Waals surface area contributed by atoms with Crippen LogP contribution in [0.15, 0.2) is 59.6 Å². The zero-order valence-electron chi connectivity index (χ0n) is 22.0. The second kappa shape index (κ2) is 11.3. The lowest BCUT2D eigenvalue weighted by molar-refractivity contribution is -0.307. The molecule has 14 heteroatoms. The van der Waals surface area contributed by atoms with Crippen LogP contribution < -0.4 is 9.46 Å². The van der Waals surface area contributed by atoms with Gasteiger partial charge >= 0.3 is 6.36 Å². The minimum atomic E-state index is -4.78. The molecule has 4 rings (SSSR count). The van der Waals surface area contributed by atoms with Crippen molar-refractivity contribution in [2.75, 3.05) is 18.8 Å². The first kappa shape index (κ1) is 29.7. The normalized spacial score (nSPS) is 25.4. The molecule has 1 aromatic carbocycles. The summed E-state index contributed by atoms with van der Waals surface area (Å²) in [4.78, 5) is 8.34. The lowest BCUT2D eigenvalue weighted by atomic mass is 9.65. The van der Waals surface area contributed by atoms with E-state index in [1.54, 1.807) is 20.2 Å². The number of sulfonamides is 1. The topological polar surface area (TPSA) is 93.7 Å². The van der Waals surface area contributed by atoms with E-state index in [0.717, 1.165) is 6.33 Å². The van der Waals surface area contributed by atoms with Crippen LogP contribution in [0.1, 0.15) is 32.6 Å². The molecule has 0 saturated heterocycles. The maximum absolute atomic E-state index is 15.0. The van der Waals surface area contributed by atoms with Crippen LogP contribution in [0.3, 0.4) is 0 Å². The summed E-state index contributed by atoms with van der Waals surface area (Å²) in [6, 6.07) is 2.21. The van der Waals surface area contributed by atoms with Crippen LogP contribution in [0.4, 0.5) is 27.8 Å². The Hall–Kier alpha value is -3.26. The molecule has 8 nitrogen and oxygen atoms in total. The average Bonchev–Trinajstić information content (AvgIpc) is 2.85. The highest BCUT2D eigenvalue weighted by atomic mass is 32.2. The van der Waals surface area contributed by atoms with Gasteiger partial charge in [-0.15, -0.1) is 13.2 Å². The lowest BCUT2D eigenvalue weighted by Gasteiger charge is -2.46. The molecule has 2 aromatic rings. The molecule has 218 valence electrons. The van der Waals surface area contributed by atoms with Gasteiger partial charge < -0.3 is 14.4 Å². The summed E-state index contributed by atoms with van der Waals surface area (Å²) < 4.78 is 106. The number of aromatic nitrogens is 2. The van der Waals surface area contributed by atoms with Gasteiger partial charge in [0.05, 0.1) is 0 Å². The van der Waals surface area contributed by atoms with Gasteiger partial charge in [0.1, 0.15) is 34.7 Å². The van der Waals surface area contributed by atoms with Gasteiger partial charge in [0.15, 0.2) is 11.6 Å². The van der Waals surface area contributed by atoms with Crippen molar-refractivity contribution in [2.24, 2.45) is 11.3 Å². The largest absolute Gasteiger partial charge is 0.572 e. The fourth-order valence-corrected chi connectivity index (χ4v) is 6.36. The van der Waals surface area contributed by atoms with Gasteiger partial charge in [-0.3, -0.25) is 4.72 Å². The van der Waals surface area contributed by atoms with Crippen molar-refractivity contribution in [1.82, 2.24) is 14.9 Å². The predicted octanol–water partition coefficient (Wildman–Crippen LogP) is 5.42. The Labute approximate surface area is 229 Å². The van der Waals surface area contributed by atoms with Crippen molar-refractivity contribution in [3.8, 4) is 5.75 Å². The van der Waals surface area contributed by atoms with Gasteiger partial charge in [-0.25, -0.2) is 27.2 Å². The molecule has 1 unspecified atom stereocenters. The molecule has 1 N–H and O–H groups in total. The number of allylic oxidation sites excluding steroid dienone is 4. The summed E-state index contributed by atoms with van der Waals surface area (Å²) in [7, 11) is -0.899. The summed E-state index contributed by atoms with van der Waals surface area (Å²) in [5.41, 5.74) is -0.612. The summed E-state index contributed by atoms with van der Waals surface area (Å²) in [6.07, 6.45) is 3.29. The smallest absolute Gasteiger partial charge is 0.486 e. The van der Waals surface area contributed by atoms with Crippen LogP contribution in [0.2, 0.25) is 0 Å².